The molecule has 35 heavy (non-hydrogen) atoms. The summed E-state index contributed by atoms with van der Waals surface area (Å²) in [4.78, 5) is 24.9. The standard InChI is InChI=1S/C26H32N6O3/c1-7-31-19(11-16-8-9-21(35-6)29-24(16)31)25-28-18-10-17(12-20(34-5)23(18)30(25)4)26(33)32-13-14(2)22(27)15(32)3/h8-12,14-15,22H,7,13,27H2,1-6H3/t14-,15-,22-/m0/s1. The number of amides is 1. The Bertz CT molecular complexity index is 1440. The van der Waals surface area contributed by atoms with E-state index in [4.69, 9.17) is 20.2 Å². The second-order valence-electron chi connectivity index (χ2n) is 9.33. The third kappa shape index (κ3) is 3.53. The number of benzene rings is 1. The van der Waals surface area contributed by atoms with E-state index in [1.54, 1.807) is 20.3 Å². The maximum absolute atomic E-state index is 13.5. The molecule has 5 rings (SSSR count). The molecule has 0 bridgehead atoms. The van der Waals surface area contributed by atoms with Crippen molar-refractivity contribution in [3.05, 3.63) is 35.9 Å². The smallest absolute Gasteiger partial charge is 0.254 e. The Kier molecular flexibility index (Phi) is 5.67. The molecule has 9 nitrogen and oxygen atoms in total. The van der Waals surface area contributed by atoms with Crippen molar-refractivity contribution in [2.24, 2.45) is 18.7 Å². The zero-order valence-electron chi connectivity index (χ0n) is 21.1. The molecule has 1 saturated heterocycles. The van der Waals surface area contributed by atoms with Crippen molar-refractivity contribution in [3.63, 3.8) is 0 Å². The number of nitrogens with two attached hydrogens (primary N) is 1. The first kappa shape index (κ1) is 23.2. The van der Waals surface area contributed by atoms with Crippen molar-refractivity contribution in [1.82, 2.24) is 24.0 Å². The van der Waals surface area contributed by atoms with Gasteiger partial charge in [-0.2, -0.15) is 4.98 Å². The molecule has 2 N–H and O–H groups in total. The number of carbonyl (C=O) groups is 1. The Morgan fingerprint density at radius 2 is 1.91 bits per heavy atom. The minimum Gasteiger partial charge on any atom is -0.494 e. The van der Waals surface area contributed by atoms with Crippen molar-refractivity contribution in [1.29, 1.82) is 0 Å². The van der Waals surface area contributed by atoms with Gasteiger partial charge in [-0.25, -0.2) is 4.98 Å². The number of nitrogens with zero attached hydrogens (tertiary/aromatic N) is 5. The van der Waals surface area contributed by atoms with Crippen LogP contribution in [0.3, 0.4) is 0 Å². The number of likely N-dealkylation sites (tertiary alicyclic amines) is 1. The van der Waals surface area contributed by atoms with Gasteiger partial charge in [-0.05, 0) is 44.0 Å². The fourth-order valence-corrected chi connectivity index (χ4v) is 5.26. The minimum atomic E-state index is -0.0522. The monoisotopic (exact) mass is 476 g/mol. The number of aryl methyl sites for hydroxylation is 2. The molecule has 4 aromatic rings. The summed E-state index contributed by atoms with van der Waals surface area (Å²) in [6.45, 7) is 7.53. The fourth-order valence-electron chi connectivity index (χ4n) is 5.26. The van der Waals surface area contributed by atoms with E-state index in [0.29, 0.717) is 35.8 Å². The predicted molar refractivity (Wildman–Crippen MR) is 136 cm³/mol. The lowest BCUT2D eigenvalue weighted by Crippen LogP contribution is -2.40. The number of pyridine rings is 1. The van der Waals surface area contributed by atoms with E-state index in [1.807, 2.05) is 41.6 Å². The van der Waals surface area contributed by atoms with E-state index in [2.05, 4.69) is 29.5 Å². The molecule has 4 heterocycles. The van der Waals surface area contributed by atoms with Crippen LogP contribution < -0.4 is 15.2 Å². The number of fused-ring (bicyclic) bond motifs is 2. The van der Waals surface area contributed by atoms with Crippen LogP contribution in [0.2, 0.25) is 0 Å². The van der Waals surface area contributed by atoms with Crippen LogP contribution in [-0.2, 0) is 13.6 Å². The number of methoxy groups -OCH3 is 2. The van der Waals surface area contributed by atoms with Crippen LogP contribution in [0, 0.1) is 5.92 Å². The summed E-state index contributed by atoms with van der Waals surface area (Å²) in [5.74, 6) is 2.15. The first-order valence-electron chi connectivity index (χ1n) is 11.9. The molecule has 0 unspecified atom stereocenters. The number of hydrogen-bond donors (Lipinski definition) is 1. The molecule has 0 spiro atoms. The van der Waals surface area contributed by atoms with Gasteiger partial charge in [-0.15, -0.1) is 0 Å². The zero-order valence-corrected chi connectivity index (χ0v) is 21.1. The van der Waals surface area contributed by atoms with Crippen LogP contribution in [0.15, 0.2) is 30.3 Å². The number of aromatic nitrogens is 4. The third-order valence-corrected chi connectivity index (χ3v) is 7.33. The van der Waals surface area contributed by atoms with Gasteiger partial charge in [0, 0.05) is 49.2 Å². The average molecular weight is 477 g/mol. The first-order valence-corrected chi connectivity index (χ1v) is 11.9. The van der Waals surface area contributed by atoms with Gasteiger partial charge < -0.3 is 29.2 Å². The Morgan fingerprint density at radius 3 is 2.54 bits per heavy atom. The van der Waals surface area contributed by atoms with E-state index >= 15 is 0 Å². The average Bonchev–Trinajstić information content (AvgIpc) is 3.49. The SMILES string of the molecule is CCn1c(-c2nc3cc(C(=O)N4C[C@H](C)[C@H](N)[C@@H]4C)cc(OC)c3n2C)cc2ccc(OC)nc21. The van der Waals surface area contributed by atoms with Crippen molar-refractivity contribution in [3.8, 4) is 23.1 Å². The summed E-state index contributed by atoms with van der Waals surface area (Å²) in [6, 6.07) is 9.54. The molecule has 1 aliphatic heterocycles. The van der Waals surface area contributed by atoms with Crippen LogP contribution in [0.25, 0.3) is 33.6 Å². The normalized spacial score (nSPS) is 20.2. The summed E-state index contributed by atoms with van der Waals surface area (Å²) in [5, 5.41) is 1.01. The molecule has 9 heteroatoms. The van der Waals surface area contributed by atoms with Gasteiger partial charge in [0.15, 0.2) is 5.82 Å². The molecular formula is C26H32N6O3. The molecular weight excluding hydrogens is 444 g/mol. The van der Waals surface area contributed by atoms with Gasteiger partial charge in [0.25, 0.3) is 5.91 Å². The Hall–Kier alpha value is -3.59. The minimum absolute atomic E-state index is 0.0248. The highest BCUT2D eigenvalue weighted by molar-refractivity contribution is 6.00. The highest BCUT2D eigenvalue weighted by atomic mass is 16.5. The maximum atomic E-state index is 13.5. The topological polar surface area (TPSA) is 100 Å². The number of ether oxygens (including phenoxy) is 2. The van der Waals surface area contributed by atoms with E-state index in [1.165, 1.54) is 0 Å². The molecule has 1 aliphatic rings. The molecule has 0 aliphatic carbocycles. The second kappa shape index (κ2) is 8.57. The summed E-state index contributed by atoms with van der Waals surface area (Å²) in [6.07, 6.45) is 0. The number of hydrogen-bond acceptors (Lipinski definition) is 6. The summed E-state index contributed by atoms with van der Waals surface area (Å²) < 4.78 is 15.2. The van der Waals surface area contributed by atoms with E-state index < -0.39 is 0 Å². The van der Waals surface area contributed by atoms with Crippen molar-refractivity contribution in [2.75, 3.05) is 20.8 Å². The Morgan fingerprint density at radius 1 is 1.14 bits per heavy atom. The van der Waals surface area contributed by atoms with Crippen LogP contribution in [-0.4, -0.2) is 62.8 Å². The lowest BCUT2D eigenvalue weighted by molar-refractivity contribution is 0.0739. The van der Waals surface area contributed by atoms with Crippen LogP contribution >= 0.6 is 0 Å². The molecule has 0 saturated carbocycles. The number of carbonyl (C=O) groups excluding carboxylic acids is 1. The Labute approximate surface area is 204 Å². The van der Waals surface area contributed by atoms with E-state index in [0.717, 1.165) is 28.1 Å². The largest absolute Gasteiger partial charge is 0.494 e. The van der Waals surface area contributed by atoms with Crippen LogP contribution in [0.1, 0.15) is 31.1 Å². The highest BCUT2D eigenvalue weighted by Crippen LogP contribution is 2.35. The van der Waals surface area contributed by atoms with Gasteiger partial charge in [0.1, 0.15) is 16.9 Å². The van der Waals surface area contributed by atoms with Crippen LogP contribution in [0.5, 0.6) is 11.6 Å². The Balaban J connectivity index is 1.65. The van der Waals surface area contributed by atoms with Gasteiger partial charge in [-0.1, -0.05) is 6.92 Å². The number of imidazole rings is 1. The quantitative estimate of drug-likeness (QED) is 0.474. The highest BCUT2D eigenvalue weighted by Gasteiger charge is 2.37. The molecule has 1 fully saturated rings. The van der Waals surface area contributed by atoms with Crippen molar-refractivity contribution < 1.29 is 14.3 Å². The molecule has 3 atom stereocenters. The molecule has 0 radical (unpaired) electrons. The molecule has 1 amide bonds. The van der Waals surface area contributed by atoms with E-state index in [-0.39, 0.29) is 23.9 Å². The van der Waals surface area contributed by atoms with Gasteiger partial charge in [0.05, 0.1) is 25.4 Å². The summed E-state index contributed by atoms with van der Waals surface area (Å²) in [5.41, 5.74) is 10.1. The van der Waals surface area contributed by atoms with Crippen LogP contribution in [0.4, 0.5) is 0 Å². The summed E-state index contributed by atoms with van der Waals surface area (Å²) in [7, 11) is 5.19. The zero-order chi connectivity index (χ0) is 25.0. The van der Waals surface area contributed by atoms with Gasteiger partial charge in [-0.3, -0.25) is 4.79 Å². The predicted octanol–water partition coefficient (Wildman–Crippen LogP) is 3.43. The molecule has 3 aromatic heterocycles. The van der Waals surface area contributed by atoms with Gasteiger partial charge >= 0.3 is 0 Å². The van der Waals surface area contributed by atoms with Gasteiger partial charge in [0.2, 0.25) is 5.88 Å². The lowest BCUT2D eigenvalue weighted by Gasteiger charge is -2.23. The molecule has 184 valence electrons. The first-order chi connectivity index (χ1) is 16.8. The summed E-state index contributed by atoms with van der Waals surface area (Å²) >= 11 is 0. The third-order valence-electron chi connectivity index (χ3n) is 7.33. The maximum Gasteiger partial charge on any atom is 0.254 e. The molecule has 1 aromatic carbocycles. The fraction of sp³-hybridized carbons (Fsp3) is 0.423. The van der Waals surface area contributed by atoms with E-state index in [9.17, 15) is 4.79 Å². The lowest BCUT2D eigenvalue weighted by atomic mass is 10.0. The van der Waals surface area contributed by atoms with Crippen molar-refractivity contribution in [2.45, 2.75) is 39.4 Å². The van der Waals surface area contributed by atoms with Crippen molar-refractivity contribution >= 4 is 28.0 Å². The number of rotatable bonds is 5. The second-order valence-corrected chi connectivity index (χ2v) is 9.33.